The Balaban J connectivity index is 0.000000552. The molecule has 142 valence electrons. The molecule has 1 aliphatic rings. The third kappa shape index (κ3) is 5.14. The average molecular weight is 396 g/mol. The number of thiophene rings is 1. The molecular weight excluding hydrogens is 370 g/mol. The molecule has 1 fully saturated rings. The van der Waals surface area contributed by atoms with Crippen LogP contribution in [-0.2, 0) is 10.9 Å². The Bertz CT molecular complexity index is 803. The number of rotatable bonds is 4. The quantitative estimate of drug-likeness (QED) is 0.545. The number of nitrogens with one attached hydrogen (secondary N) is 1. The third-order valence-electron chi connectivity index (χ3n) is 4.16. The van der Waals surface area contributed by atoms with Crippen molar-refractivity contribution >= 4 is 33.0 Å². The van der Waals surface area contributed by atoms with Gasteiger partial charge in [0, 0.05) is 38.2 Å². The number of Topliss-reactive ketones (excluding diaryl/α,β-unsaturated/α-hetero) is 1. The minimum atomic E-state index is -2.62. The molecule has 1 aliphatic heterocycles. The molecule has 3 rings (SSSR count). The Hall–Kier alpha value is -1.74. The van der Waals surface area contributed by atoms with Crippen molar-refractivity contribution in [1.82, 2.24) is 5.32 Å². The predicted molar refractivity (Wildman–Crippen MR) is 109 cm³/mol. The van der Waals surface area contributed by atoms with E-state index in [2.05, 4.69) is 34.4 Å². The molecule has 2 aromatic rings. The van der Waals surface area contributed by atoms with E-state index in [1.807, 2.05) is 25.1 Å². The highest BCUT2D eigenvalue weighted by Gasteiger charge is 2.24. The van der Waals surface area contributed by atoms with Crippen molar-refractivity contribution in [3.8, 4) is 11.1 Å². The average Bonchev–Trinajstić information content (AvgIpc) is 2.99. The Kier molecular flexibility index (Phi) is 7.77. The highest BCUT2D eigenvalue weighted by Crippen LogP contribution is 2.42. The second-order valence-electron chi connectivity index (χ2n) is 5.90. The normalized spacial score (nSPS) is 14.1. The maximum absolute atomic E-state index is 12.4. The van der Waals surface area contributed by atoms with Crippen molar-refractivity contribution in [2.24, 2.45) is 5.14 Å². The number of nitrogens with two attached hydrogens (primary N) is 1. The lowest BCUT2D eigenvalue weighted by Crippen LogP contribution is -2.43. The molecular formula is C18H25N3O3S2. The van der Waals surface area contributed by atoms with Crippen molar-refractivity contribution in [3.63, 3.8) is 0 Å². The van der Waals surface area contributed by atoms with E-state index >= 15 is 0 Å². The van der Waals surface area contributed by atoms with Crippen LogP contribution in [0.4, 0.5) is 5.00 Å². The fourth-order valence-corrected chi connectivity index (χ4v) is 4.37. The maximum Gasteiger partial charge on any atom is 0.198 e. The topological polar surface area (TPSA) is 92.5 Å². The van der Waals surface area contributed by atoms with Gasteiger partial charge in [0.2, 0.25) is 0 Å². The van der Waals surface area contributed by atoms with Crippen molar-refractivity contribution < 1.29 is 13.2 Å². The fraction of sp³-hybridized carbons (Fsp3) is 0.389. The number of hydrogen-bond donors (Lipinski definition) is 3. The smallest absolute Gasteiger partial charge is 0.198 e. The first kappa shape index (κ1) is 20.6. The van der Waals surface area contributed by atoms with Crippen molar-refractivity contribution in [2.45, 2.75) is 20.3 Å². The number of piperazine rings is 1. The van der Waals surface area contributed by atoms with Crippen LogP contribution in [0.15, 0.2) is 30.3 Å². The fourth-order valence-electron chi connectivity index (χ4n) is 2.98. The molecule has 0 bridgehead atoms. The van der Waals surface area contributed by atoms with Gasteiger partial charge in [0.15, 0.2) is 16.7 Å². The standard InChI is InChI=1S/C18H22N2OS.H3NO2S/c1-3-15(21)17-16(14-7-5-4-6-8-14)13(2)18(22-17)20-11-9-19-10-12-20;1-4(2)3/h4-8,19H,3,9-12H2,1-2H3;4H,(H2,1,2,3). The van der Waals surface area contributed by atoms with E-state index in [1.165, 1.54) is 10.6 Å². The van der Waals surface area contributed by atoms with Crippen LogP contribution in [0.3, 0.4) is 0 Å². The lowest BCUT2D eigenvalue weighted by Gasteiger charge is -2.28. The number of carbonyl (C=O) groups excluding carboxylic acids is 1. The van der Waals surface area contributed by atoms with Gasteiger partial charge in [-0.05, 0) is 18.1 Å². The Labute approximate surface area is 160 Å². The SMILES string of the molecule is CCC(=O)c1sc(N2CCNCC2)c(C)c1-c1ccccc1.N[SH](=O)=O. The summed E-state index contributed by atoms with van der Waals surface area (Å²) in [7, 11) is -2.62. The zero-order valence-electron chi connectivity index (χ0n) is 15.0. The number of nitrogens with zero attached hydrogens (tertiary/aromatic N) is 1. The van der Waals surface area contributed by atoms with Crippen LogP contribution in [-0.4, -0.2) is 40.4 Å². The van der Waals surface area contributed by atoms with Gasteiger partial charge in [-0.15, -0.1) is 11.3 Å². The number of thiol groups is 1. The summed E-state index contributed by atoms with van der Waals surface area (Å²) in [6.45, 7) is 8.13. The number of benzene rings is 1. The molecule has 6 nitrogen and oxygen atoms in total. The van der Waals surface area contributed by atoms with Crippen molar-refractivity contribution in [3.05, 3.63) is 40.8 Å². The molecule has 3 N–H and O–H groups in total. The lowest BCUT2D eigenvalue weighted by atomic mass is 9.99. The molecule has 0 spiro atoms. The van der Waals surface area contributed by atoms with Gasteiger partial charge in [-0.25, -0.2) is 13.6 Å². The summed E-state index contributed by atoms with van der Waals surface area (Å²) in [5, 5.41) is 8.71. The van der Waals surface area contributed by atoms with E-state index in [-0.39, 0.29) is 5.78 Å². The first-order valence-corrected chi connectivity index (χ1v) is 10.6. The maximum atomic E-state index is 12.4. The zero-order valence-corrected chi connectivity index (χ0v) is 16.7. The summed E-state index contributed by atoms with van der Waals surface area (Å²) >= 11 is 1.67. The summed E-state index contributed by atoms with van der Waals surface area (Å²) in [6.07, 6.45) is 0.556. The highest BCUT2D eigenvalue weighted by atomic mass is 32.2. The first-order valence-electron chi connectivity index (χ1n) is 8.52. The molecule has 0 saturated carbocycles. The van der Waals surface area contributed by atoms with Gasteiger partial charge in [0.1, 0.15) is 0 Å². The van der Waals surface area contributed by atoms with Crippen molar-refractivity contribution in [1.29, 1.82) is 0 Å². The van der Waals surface area contributed by atoms with Gasteiger partial charge in [0.05, 0.1) is 9.88 Å². The van der Waals surface area contributed by atoms with Gasteiger partial charge in [-0.1, -0.05) is 37.3 Å². The largest absolute Gasteiger partial charge is 0.361 e. The van der Waals surface area contributed by atoms with Gasteiger partial charge < -0.3 is 10.2 Å². The van der Waals surface area contributed by atoms with Crippen molar-refractivity contribution in [2.75, 3.05) is 31.1 Å². The highest BCUT2D eigenvalue weighted by molar-refractivity contribution is 7.69. The van der Waals surface area contributed by atoms with E-state index in [9.17, 15) is 4.79 Å². The Morgan fingerprint density at radius 1 is 1.23 bits per heavy atom. The Morgan fingerprint density at radius 2 is 1.81 bits per heavy atom. The van der Waals surface area contributed by atoms with Gasteiger partial charge in [0.25, 0.3) is 0 Å². The van der Waals surface area contributed by atoms with Crippen LogP contribution in [0.1, 0.15) is 28.6 Å². The third-order valence-corrected chi connectivity index (χ3v) is 5.56. The van der Waals surface area contributed by atoms with E-state index < -0.39 is 10.9 Å². The van der Waals surface area contributed by atoms with Crippen LogP contribution in [0.2, 0.25) is 0 Å². The summed E-state index contributed by atoms with van der Waals surface area (Å²) in [5.41, 5.74) is 3.52. The van der Waals surface area contributed by atoms with E-state index in [0.717, 1.165) is 42.2 Å². The lowest BCUT2D eigenvalue weighted by molar-refractivity contribution is 0.0992. The van der Waals surface area contributed by atoms with Crippen LogP contribution in [0.25, 0.3) is 11.1 Å². The second-order valence-corrected chi connectivity index (χ2v) is 7.47. The second kappa shape index (κ2) is 9.82. The molecule has 1 aromatic carbocycles. The minimum Gasteiger partial charge on any atom is -0.361 e. The summed E-state index contributed by atoms with van der Waals surface area (Å²) in [4.78, 5) is 15.8. The van der Waals surface area contributed by atoms with Crippen LogP contribution < -0.4 is 15.4 Å². The molecule has 8 heteroatoms. The molecule has 1 aromatic heterocycles. The Morgan fingerprint density at radius 3 is 2.35 bits per heavy atom. The molecule has 0 radical (unpaired) electrons. The van der Waals surface area contributed by atoms with Crippen LogP contribution in [0, 0.1) is 6.92 Å². The van der Waals surface area contributed by atoms with Gasteiger partial charge in [-0.3, -0.25) is 4.79 Å². The van der Waals surface area contributed by atoms with E-state index in [1.54, 1.807) is 11.3 Å². The number of hydrogen-bond acceptors (Lipinski definition) is 6. The van der Waals surface area contributed by atoms with Gasteiger partial charge >= 0.3 is 0 Å². The molecule has 1 saturated heterocycles. The molecule has 0 aliphatic carbocycles. The molecule has 26 heavy (non-hydrogen) atoms. The predicted octanol–water partition coefficient (Wildman–Crippen LogP) is 2.20. The monoisotopic (exact) mass is 395 g/mol. The first-order chi connectivity index (χ1) is 12.5. The van der Waals surface area contributed by atoms with E-state index in [0.29, 0.717) is 6.42 Å². The van der Waals surface area contributed by atoms with Crippen LogP contribution in [0.5, 0.6) is 0 Å². The molecule has 0 unspecified atom stereocenters. The summed E-state index contributed by atoms with van der Waals surface area (Å²) < 4.78 is 17.6. The molecule has 2 heterocycles. The van der Waals surface area contributed by atoms with E-state index in [4.69, 9.17) is 8.42 Å². The van der Waals surface area contributed by atoms with Crippen LogP contribution >= 0.6 is 11.3 Å². The minimum absolute atomic E-state index is 0.244. The zero-order chi connectivity index (χ0) is 19.1. The summed E-state index contributed by atoms with van der Waals surface area (Å²) in [6, 6.07) is 10.3. The molecule has 0 atom stereocenters. The number of anilines is 1. The number of carbonyl (C=O) groups is 1. The number of ketones is 1. The van der Waals surface area contributed by atoms with Gasteiger partial charge in [-0.2, -0.15) is 0 Å². The summed E-state index contributed by atoms with van der Waals surface area (Å²) in [5.74, 6) is 0.244. The molecule has 0 amide bonds.